The molecule has 1 atom stereocenters. The number of hydrogen-bond acceptors (Lipinski definition) is 4. The fourth-order valence-electron chi connectivity index (χ4n) is 0.914. The molecule has 0 heterocycles. The zero-order valence-corrected chi connectivity index (χ0v) is 8.70. The maximum Gasteiger partial charge on any atom is 0.309 e. The van der Waals surface area contributed by atoms with Crippen LogP contribution in [-0.4, -0.2) is 49.1 Å². The summed E-state index contributed by atoms with van der Waals surface area (Å²) in [6.45, 7) is 1.90. The van der Waals surface area contributed by atoms with Crippen molar-refractivity contribution in [2.75, 3.05) is 27.2 Å². The van der Waals surface area contributed by atoms with E-state index in [2.05, 4.69) is 10.9 Å². The third kappa shape index (κ3) is 4.78. The number of hydrazine groups is 1. The van der Waals surface area contributed by atoms with Crippen molar-refractivity contribution in [3.8, 4) is 0 Å². The zero-order valence-electron chi connectivity index (χ0n) is 8.70. The van der Waals surface area contributed by atoms with Crippen molar-refractivity contribution in [3.05, 3.63) is 0 Å². The number of carboxylic acid groups (broad SMARTS) is 1. The largest absolute Gasteiger partial charge is 0.481 e. The highest BCUT2D eigenvalue weighted by Gasteiger charge is 2.19. The van der Waals surface area contributed by atoms with Crippen LogP contribution >= 0.6 is 0 Å². The summed E-state index contributed by atoms with van der Waals surface area (Å²) >= 11 is 0. The number of hydrogen-bond donors (Lipinski definition) is 3. The first-order chi connectivity index (χ1) is 6.49. The Morgan fingerprint density at radius 1 is 1.50 bits per heavy atom. The normalized spacial score (nSPS) is 12.2. The topological polar surface area (TPSA) is 81.7 Å². The molecule has 0 fully saturated rings. The Kier molecular flexibility index (Phi) is 5.82. The van der Waals surface area contributed by atoms with E-state index in [9.17, 15) is 9.59 Å². The second kappa shape index (κ2) is 6.33. The Morgan fingerprint density at radius 2 is 2.07 bits per heavy atom. The molecule has 1 amide bonds. The molecule has 0 aromatic heterocycles. The molecule has 0 rings (SSSR count). The second-order valence-electron chi connectivity index (χ2n) is 3.07. The molecule has 3 N–H and O–H groups in total. The number of carboxylic acids is 1. The van der Waals surface area contributed by atoms with Crippen molar-refractivity contribution < 1.29 is 14.7 Å². The predicted octanol–water partition coefficient (Wildman–Crippen LogP) is -1.11. The van der Waals surface area contributed by atoms with Crippen molar-refractivity contribution in [2.24, 2.45) is 5.92 Å². The van der Waals surface area contributed by atoms with Gasteiger partial charge in [-0.1, -0.05) is 0 Å². The van der Waals surface area contributed by atoms with Gasteiger partial charge in [-0.25, -0.2) is 0 Å². The third-order valence-electron chi connectivity index (χ3n) is 1.91. The molecule has 14 heavy (non-hydrogen) atoms. The molecule has 0 aromatic carbocycles. The maximum atomic E-state index is 10.9. The van der Waals surface area contributed by atoms with Gasteiger partial charge in [0.05, 0.1) is 5.92 Å². The minimum Gasteiger partial charge on any atom is -0.481 e. The van der Waals surface area contributed by atoms with Gasteiger partial charge in [-0.3, -0.25) is 20.4 Å². The lowest BCUT2D eigenvalue weighted by Crippen LogP contribution is -2.42. The van der Waals surface area contributed by atoms with E-state index in [1.165, 1.54) is 11.8 Å². The predicted molar refractivity (Wildman–Crippen MR) is 51.5 cm³/mol. The molecule has 0 aliphatic rings. The van der Waals surface area contributed by atoms with Crippen molar-refractivity contribution in [2.45, 2.75) is 6.92 Å². The Labute approximate surface area is 83.2 Å². The number of nitrogens with zero attached hydrogens (tertiary/aromatic N) is 1. The van der Waals surface area contributed by atoms with Crippen LogP contribution in [0.3, 0.4) is 0 Å². The molecule has 0 aromatic rings. The molecule has 0 saturated carbocycles. The van der Waals surface area contributed by atoms with E-state index in [4.69, 9.17) is 5.11 Å². The van der Waals surface area contributed by atoms with Gasteiger partial charge in [-0.15, -0.1) is 0 Å². The summed E-state index contributed by atoms with van der Waals surface area (Å²) in [6, 6.07) is 0. The molecule has 0 bridgehead atoms. The van der Waals surface area contributed by atoms with Crippen LogP contribution < -0.4 is 10.9 Å². The van der Waals surface area contributed by atoms with E-state index in [-0.39, 0.29) is 19.0 Å². The van der Waals surface area contributed by atoms with E-state index in [0.29, 0.717) is 0 Å². The van der Waals surface area contributed by atoms with E-state index in [1.807, 2.05) is 0 Å². The van der Waals surface area contributed by atoms with Crippen LogP contribution in [-0.2, 0) is 9.59 Å². The minimum atomic E-state index is -0.916. The van der Waals surface area contributed by atoms with Gasteiger partial charge in [-0.05, 0) is 7.05 Å². The van der Waals surface area contributed by atoms with Crippen LogP contribution in [0.15, 0.2) is 0 Å². The average Bonchev–Trinajstić information content (AvgIpc) is 2.10. The number of carbonyl (C=O) groups excluding carboxylic acids is 1. The van der Waals surface area contributed by atoms with E-state index >= 15 is 0 Å². The molecule has 0 aliphatic heterocycles. The van der Waals surface area contributed by atoms with Crippen LogP contribution in [0.4, 0.5) is 0 Å². The average molecular weight is 203 g/mol. The van der Waals surface area contributed by atoms with E-state index in [1.54, 1.807) is 14.1 Å². The van der Waals surface area contributed by atoms with E-state index < -0.39 is 11.9 Å². The molecule has 82 valence electrons. The van der Waals surface area contributed by atoms with Gasteiger partial charge in [0.25, 0.3) is 0 Å². The Balaban J connectivity index is 4.08. The number of amides is 1. The van der Waals surface area contributed by atoms with Crippen molar-refractivity contribution in [3.63, 3.8) is 0 Å². The first kappa shape index (κ1) is 12.9. The van der Waals surface area contributed by atoms with Crippen LogP contribution in [0.25, 0.3) is 0 Å². The van der Waals surface area contributed by atoms with Gasteiger partial charge >= 0.3 is 5.97 Å². The Bertz CT molecular complexity index is 208. The highest BCUT2D eigenvalue weighted by Crippen LogP contribution is 1.98. The summed E-state index contributed by atoms with van der Waals surface area (Å²) in [6.07, 6.45) is 0. The minimum absolute atomic E-state index is 0.138. The Morgan fingerprint density at radius 3 is 2.43 bits per heavy atom. The third-order valence-corrected chi connectivity index (χ3v) is 1.91. The van der Waals surface area contributed by atoms with Crippen molar-refractivity contribution in [1.82, 2.24) is 15.8 Å². The number of carbonyl (C=O) groups is 2. The standard InChI is InChI=1S/C8H17N3O3/c1-6(12)11(3)5-7(8(13)14)4-10-9-2/h7,9-10H,4-5H2,1-3H3,(H,13,14). The fourth-order valence-corrected chi connectivity index (χ4v) is 0.914. The maximum absolute atomic E-state index is 10.9. The zero-order chi connectivity index (χ0) is 11.1. The lowest BCUT2D eigenvalue weighted by molar-refractivity contribution is -0.143. The van der Waals surface area contributed by atoms with Crippen LogP contribution in [0.5, 0.6) is 0 Å². The van der Waals surface area contributed by atoms with Gasteiger partial charge in [-0.2, -0.15) is 0 Å². The SMILES string of the molecule is CNNCC(CN(C)C(C)=O)C(=O)O. The van der Waals surface area contributed by atoms with Gasteiger partial charge in [0.15, 0.2) is 0 Å². The summed E-state index contributed by atoms with van der Waals surface area (Å²) in [5, 5.41) is 8.82. The lowest BCUT2D eigenvalue weighted by Gasteiger charge is -2.20. The monoisotopic (exact) mass is 203 g/mol. The highest BCUT2D eigenvalue weighted by atomic mass is 16.4. The molecule has 0 aliphatic carbocycles. The first-order valence-corrected chi connectivity index (χ1v) is 4.33. The van der Waals surface area contributed by atoms with Gasteiger partial charge in [0, 0.05) is 27.1 Å². The Hall–Kier alpha value is -1.14. The van der Waals surface area contributed by atoms with Gasteiger partial charge in [0.1, 0.15) is 0 Å². The molecule has 6 nitrogen and oxygen atoms in total. The van der Waals surface area contributed by atoms with E-state index in [0.717, 1.165) is 0 Å². The quantitative estimate of drug-likeness (QED) is 0.477. The number of nitrogens with one attached hydrogen (secondary N) is 2. The number of aliphatic carboxylic acids is 1. The van der Waals surface area contributed by atoms with Gasteiger partial charge < -0.3 is 10.0 Å². The molecule has 0 spiro atoms. The summed E-state index contributed by atoms with van der Waals surface area (Å²) in [5.74, 6) is -1.65. The summed E-state index contributed by atoms with van der Waals surface area (Å²) in [5.41, 5.74) is 5.34. The smallest absolute Gasteiger partial charge is 0.309 e. The van der Waals surface area contributed by atoms with Crippen LogP contribution in [0, 0.1) is 5.92 Å². The van der Waals surface area contributed by atoms with Crippen molar-refractivity contribution >= 4 is 11.9 Å². The summed E-state index contributed by atoms with van der Waals surface area (Å²) in [7, 11) is 3.24. The second-order valence-corrected chi connectivity index (χ2v) is 3.07. The molecule has 0 radical (unpaired) electrons. The lowest BCUT2D eigenvalue weighted by atomic mass is 10.1. The molecule has 1 unspecified atom stereocenters. The fraction of sp³-hybridized carbons (Fsp3) is 0.750. The summed E-state index contributed by atoms with van der Waals surface area (Å²) in [4.78, 5) is 23.0. The molecular weight excluding hydrogens is 186 g/mol. The highest BCUT2D eigenvalue weighted by molar-refractivity contribution is 5.75. The molecule has 0 saturated heterocycles. The molecule has 6 heteroatoms. The molecular formula is C8H17N3O3. The van der Waals surface area contributed by atoms with Crippen molar-refractivity contribution in [1.29, 1.82) is 0 Å². The number of rotatable bonds is 6. The van der Waals surface area contributed by atoms with Crippen LogP contribution in [0.1, 0.15) is 6.92 Å². The van der Waals surface area contributed by atoms with Gasteiger partial charge in [0.2, 0.25) is 5.91 Å². The van der Waals surface area contributed by atoms with Crippen LogP contribution in [0.2, 0.25) is 0 Å². The summed E-state index contributed by atoms with van der Waals surface area (Å²) < 4.78 is 0. The first-order valence-electron chi connectivity index (χ1n) is 4.33.